The molecule has 2 heterocycles. The van der Waals surface area contributed by atoms with Gasteiger partial charge in [0.15, 0.2) is 0 Å². The molecule has 3 rings (SSSR count). The number of carbonyl (C=O) groups is 4. The van der Waals surface area contributed by atoms with E-state index in [0.29, 0.717) is 36.2 Å². The van der Waals surface area contributed by atoms with Crippen molar-refractivity contribution in [3.8, 4) is 0 Å². The van der Waals surface area contributed by atoms with Crippen LogP contribution in [0.2, 0.25) is 0 Å². The summed E-state index contributed by atoms with van der Waals surface area (Å²) in [5, 5.41) is 27.0. The minimum absolute atomic E-state index is 0.311. The van der Waals surface area contributed by atoms with E-state index >= 15 is 0 Å². The van der Waals surface area contributed by atoms with Crippen LogP contribution in [0.1, 0.15) is 64.8 Å². The van der Waals surface area contributed by atoms with Crippen molar-refractivity contribution < 1.29 is 42.9 Å². The largest absolute Gasteiger partial charge is 0.481 e. The number of aromatic nitrogens is 1. The number of carboxylic acid groups (broad SMARTS) is 1. The maximum absolute atomic E-state index is 13.2. The van der Waals surface area contributed by atoms with Crippen LogP contribution in [0.15, 0.2) is 36.4 Å². The Morgan fingerprint density at radius 3 is 2.49 bits per heavy atom. The topological polar surface area (TPSA) is 170 Å². The number of nitrogens with one attached hydrogen (secondary N) is 3. The van der Waals surface area contributed by atoms with E-state index in [4.69, 9.17) is 0 Å². The molecule has 246 valence electrons. The summed E-state index contributed by atoms with van der Waals surface area (Å²) in [6.07, 6.45) is 2.59. The van der Waals surface area contributed by atoms with Crippen LogP contribution in [0.3, 0.4) is 0 Å². The molecular weight excluding hydrogens is 592 g/mol. The lowest BCUT2D eigenvalue weighted by Crippen LogP contribution is -2.61. The summed E-state index contributed by atoms with van der Waals surface area (Å²) in [6.45, 7) is 4.49. The highest BCUT2D eigenvalue weighted by Gasteiger charge is 2.33. The predicted molar refractivity (Wildman–Crippen MR) is 161 cm³/mol. The highest BCUT2D eigenvalue weighted by Crippen LogP contribution is 2.24. The van der Waals surface area contributed by atoms with Crippen molar-refractivity contribution in [2.45, 2.75) is 78.3 Å². The summed E-state index contributed by atoms with van der Waals surface area (Å²) in [5.74, 6) is -3.04. The molecule has 3 amide bonds. The quantitative estimate of drug-likeness (QED) is 0.223. The number of amides is 3. The highest BCUT2D eigenvalue weighted by molar-refractivity contribution is 5.89. The zero-order valence-corrected chi connectivity index (χ0v) is 25.9. The summed E-state index contributed by atoms with van der Waals surface area (Å²) in [4.78, 5) is 54.6. The van der Waals surface area contributed by atoms with Gasteiger partial charge >= 0.3 is 12.6 Å². The fourth-order valence-corrected chi connectivity index (χ4v) is 4.61. The minimum atomic E-state index is -3.09. The third-order valence-electron chi connectivity index (χ3n) is 7.58. The van der Waals surface area contributed by atoms with Crippen LogP contribution in [-0.4, -0.2) is 81.8 Å². The van der Waals surface area contributed by atoms with Gasteiger partial charge in [-0.3, -0.25) is 29.2 Å². The molecule has 1 aromatic heterocycles. The molecular formula is C31H41F2N5O7. The lowest BCUT2D eigenvalue weighted by Gasteiger charge is -2.35. The third kappa shape index (κ3) is 9.49. The second-order valence-electron chi connectivity index (χ2n) is 11.8. The molecule has 0 spiro atoms. The number of ether oxygens (including phenoxy) is 1. The standard InChI is InChI=1S/C31H41F2N5O7/c1-17(2)25(39)27(41)35-19(4)28(42)38-14-6-7-23(37-38)26(40)34-18(3)22-11-10-21-9-8-20(15-24(21)36-22)12-13-31(5,29(43)44)16-45-30(32)33/h8-13,15,17-19,23,25,30,37,39H,6-7,14,16H2,1-5H3,(H,34,40)(H,35,41)(H,43,44)/b13-12+/t18-,19+,23+,25+,31-/m1/s1. The van der Waals surface area contributed by atoms with Crippen LogP contribution in [0.25, 0.3) is 17.0 Å². The van der Waals surface area contributed by atoms with Gasteiger partial charge in [-0.15, -0.1) is 0 Å². The summed E-state index contributed by atoms with van der Waals surface area (Å²) in [7, 11) is 0. The van der Waals surface area contributed by atoms with E-state index < -0.39 is 60.6 Å². The van der Waals surface area contributed by atoms with Crippen LogP contribution >= 0.6 is 0 Å². The van der Waals surface area contributed by atoms with E-state index in [0.717, 1.165) is 5.39 Å². The molecule has 0 radical (unpaired) electrons. The Kier molecular flexibility index (Phi) is 12.1. The van der Waals surface area contributed by atoms with Crippen molar-refractivity contribution >= 4 is 40.7 Å². The van der Waals surface area contributed by atoms with Gasteiger partial charge in [0.25, 0.3) is 5.91 Å². The van der Waals surface area contributed by atoms with Crippen molar-refractivity contribution in [1.82, 2.24) is 26.1 Å². The van der Waals surface area contributed by atoms with Crippen molar-refractivity contribution in [3.05, 3.63) is 47.7 Å². The summed E-state index contributed by atoms with van der Waals surface area (Å²) in [6, 6.07) is 6.71. The molecule has 0 saturated carbocycles. The monoisotopic (exact) mass is 633 g/mol. The average molecular weight is 634 g/mol. The number of pyridine rings is 1. The van der Waals surface area contributed by atoms with E-state index in [-0.39, 0.29) is 11.8 Å². The van der Waals surface area contributed by atoms with Crippen LogP contribution < -0.4 is 16.1 Å². The fourth-order valence-electron chi connectivity index (χ4n) is 4.61. The van der Waals surface area contributed by atoms with E-state index in [1.807, 2.05) is 6.07 Å². The Hall–Kier alpha value is -4.01. The van der Waals surface area contributed by atoms with Crippen molar-refractivity contribution in [3.63, 3.8) is 0 Å². The van der Waals surface area contributed by atoms with Gasteiger partial charge in [-0.2, -0.15) is 8.78 Å². The SMILES string of the molecule is CC(C)[C@H](O)C(=O)N[C@@H](C)C(=O)N1CCC[C@@H](C(=O)N[C@H](C)c2ccc3ccc(/C=C/[C@](C)(COC(F)F)C(=O)O)cc3n2)N1. The number of carbonyl (C=O) groups excluding carboxylic acids is 3. The first kappa shape index (κ1) is 35.5. The molecule has 0 unspecified atom stereocenters. The number of nitrogens with zero attached hydrogens (tertiary/aromatic N) is 2. The lowest BCUT2D eigenvalue weighted by molar-refractivity contribution is -0.166. The van der Waals surface area contributed by atoms with E-state index in [2.05, 4.69) is 25.8 Å². The second-order valence-corrected chi connectivity index (χ2v) is 11.8. The first-order chi connectivity index (χ1) is 21.1. The van der Waals surface area contributed by atoms with E-state index in [1.54, 1.807) is 45.0 Å². The number of hydrazine groups is 1. The van der Waals surface area contributed by atoms with Crippen molar-refractivity contribution in [2.24, 2.45) is 11.3 Å². The first-order valence-electron chi connectivity index (χ1n) is 14.7. The maximum Gasteiger partial charge on any atom is 0.345 e. The normalized spacial score (nSPS) is 18.9. The van der Waals surface area contributed by atoms with Gasteiger partial charge in [-0.25, -0.2) is 5.43 Å². The number of hydrogen-bond donors (Lipinski definition) is 5. The van der Waals surface area contributed by atoms with Gasteiger partial charge in [0.2, 0.25) is 11.8 Å². The maximum atomic E-state index is 13.2. The molecule has 1 aliphatic rings. The van der Waals surface area contributed by atoms with Gasteiger partial charge in [-0.05, 0) is 57.2 Å². The molecule has 0 bridgehead atoms. The molecule has 1 aromatic carbocycles. The van der Waals surface area contributed by atoms with Gasteiger partial charge < -0.3 is 25.6 Å². The number of aliphatic hydroxyl groups is 1. The Morgan fingerprint density at radius 1 is 1.16 bits per heavy atom. The molecule has 1 aliphatic heterocycles. The molecule has 14 heteroatoms. The molecule has 1 saturated heterocycles. The molecule has 12 nitrogen and oxygen atoms in total. The molecule has 1 fully saturated rings. The molecule has 45 heavy (non-hydrogen) atoms. The first-order valence-corrected chi connectivity index (χ1v) is 14.7. The number of hydrogen-bond acceptors (Lipinski definition) is 8. The number of benzene rings is 1. The van der Waals surface area contributed by atoms with Gasteiger partial charge in [-0.1, -0.05) is 44.2 Å². The van der Waals surface area contributed by atoms with E-state index in [9.17, 15) is 38.2 Å². The Balaban J connectivity index is 1.66. The molecule has 5 N–H and O–H groups in total. The van der Waals surface area contributed by atoms with Crippen LogP contribution in [0, 0.1) is 11.3 Å². The lowest BCUT2D eigenvalue weighted by atomic mass is 9.90. The average Bonchev–Trinajstić information content (AvgIpc) is 3.01. The molecule has 0 aliphatic carbocycles. The fraction of sp³-hybridized carbons (Fsp3) is 0.516. The van der Waals surface area contributed by atoms with Crippen molar-refractivity contribution in [2.75, 3.05) is 13.2 Å². The minimum Gasteiger partial charge on any atom is -0.481 e. The number of halogens is 2. The third-order valence-corrected chi connectivity index (χ3v) is 7.58. The highest BCUT2D eigenvalue weighted by atomic mass is 19.3. The van der Waals surface area contributed by atoms with E-state index in [1.165, 1.54) is 31.0 Å². The Bertz CT molecular complexity index is 1420. The number of fused-ring (bicyclic) bond motifs is 1. The van der Waals surface area contributed by atoms with Crippen LogP contribution in [0.4, 0.5) is 8.78 Å². The predicted octanol–water partition coefficient (Wildman–Crippen LogP) is 2.77. The van der Waals surface area contributed by atoms with Crippen LogP contribution in [-0.2, 0) is 23.9 Å². The number of aliphatic carboxylic acids is 1. The number of carboxylic acids is 1. The number of rotatable bonds is 13. The summed E-state index contributed by atoms with van der Waals surface area (Å²) >= 11 is 0. The zero-order chi connectivity index (χ0) is 33.5. The molecule has 2 aromatic rings. The number of alkyl halides is 2. The number of aliphatic hydroxyl groups excluding tert-OH is 1. The summed E-state index contributed by atoms with van der Waals surface area (Å²) in [5.41, 5.74) is 2.99. The smallest absolute Gasteiger partial charge is 0.345 e. The van der Waals surface area contributed by atoms with Gasteiger partial charge in [0, 0.05) is 11.9 Å². The van der Waals surface area contributed by atoms with Gasteiger partial charge in [0.05, 0.1) is 23.9 Å². The Labute approximate surface area is 260 Å². The van der Waals surface area contributed by atoms with Crippen molar-refractivity contribution in [1.29, 1.82) is 0 Å². The Morgan fingerprint density at radius 2 is 1.84 bits per heavy atom. The summed E-state index contributed by atoms with van der Waals surface area (Å²) < 4.78 is 29.2. The van der Waals surface area contributed by atoms with Gasteiger partial charge in [0.1, 0.15) is 23.6 Å². The zero-order valence-electron chi connectivity index (χ0n) is 25.9. The van der Waals surface area contributed by atoms with Crippen LogP contribution in [0.5, 0.6) is 0 Å². The second kappa shape index (κ2) is 15.3. The molecule has 5 atom stereocenters.